The van der Waals surface area contributed by atoms with Crippen LogP contribution in [0.2, 0.25) is 0 Å². The molecule has 0 radical (unpaired) electrons. The first-order valence-electron chi connectivity index (χ1n) is 19.3. The Kier molecular flexibility index (Phi) is 7.54. The van der Waals surface area contributed by atoms with Crippen LogP contribution in [0.4, 0.5) is 0 Å². The molecule has 4 aliphatic rings. The number of hydrogen-bond acceptors (Lipinski definition) is 4. The Morgan fingerprint density at radius 1 is 0.564 bits per heavy atom. The highest BCUT2D eigenvalue weighted by Gasteiger charge is 2.35. The van der Waals surface area contributed by atoms with Gasteiger partial charge in [-0.15, -0.1) is 0 Å². The topological polar surface area (TPSA) is 47.9 Å². The Balaban J connectivity index is 1.07. The third-order valence-corrected chi connectivity index (χ3v) is 11.8. The normalized spacial score (nSPS) is 20.3. The van der Waals surface area contributed by atoms with Crippen LogP contribution in [-0.2, 0) is 0 Å². The molecule has 1 aromatic heterocycles. The highest BCUT2D eigenvalue weighted by Crippen LogP contribution is 2.48. The summed E-state index contributed by atoms with van der Waals surface area (Å²) in [5.74, 6) is 3.98. The molecule has 1 aliphatic heterocycles. The van der Waals surface area contributed by atoms with Gasteiger partial charge in [0, 0.05) is 28.5 Å². The second kappa shape index (κ2) is 13.0. The second-order valence-electron chi connectivity index (χ2n) is 15.0. The minimum Gasteiger partial charge on any atom is -0.485 e. The smallest absolute Gasteiger partial charge is 0.164 e. The number of fused-ring (bicyclic) bond motifs is 7. The lowest BCUT2D eigenvalue weighted by Crippen LogP contribution is -2.18. The fourth-order valence-electron chi connectivity index (χ4n) is 9.10. The van der Waals surface area contributed by atoms with Gasteiger partial charge in [-0.2, -0.15) is 0 Å². The number of benzene rings is 6. The molecule has 7 aromatic rings. The maximum Gasteiger partial charge on any atom is 0.164 e. The zero-order valence-corrected chi connectivity index (χ0v) is 30.2. The van der Waals surface area contributed by atoms with E-state index in [0.29, 0.717) is 23.5 Å². The maximum atomic E-state index is 6.46. The molecule has 55 heavy (non-hydrogen) atoms. The molecule has 0 bridgehead atoms. The summed E-state index contributed by atoms with van der Waals surface area (Å²) >= 11 is 0. The predicted octanol–water partition coefficient (Wildman–Crippen LogP) is 12.3. The van der Waals surface area contributed by atoms with Gasteiger partial charge in [0.05, 0.1) is 0 Å². The first kappa shape index (κ1) is 31.8. The Hall–Kier alpha value is -6.65. The van der Waals surface area contributed by atoms with Crippen molar-refractivity contribution in [2.75, 3.05) is 0 Å². The summed E-state index contributed by atoms with van der Waals surface area (Å²) in [6.45, 7) is 0. The molecule has 6 aromatic carbocycles. The van der Waals surface area contributed by atoms with Gasteiger partial charge in [0.1, 0.15) is 11.9 Å². The van der Waals surface area contributed by atoms with Crippen LogP contribution in [0, 0.1) is 5.92 Å². The van der Waals surface area contributed by atoms with E-state index in [-0.39, 0.29) is 12.0 Å². The van der Waals surface area contributed by atoms with Crippen molar-refractivity contribution in [1.82, 2.24) is 15.0 Å². The molecule has 4 atom stereocenters. The molecule has 262 valence electrons. The van der Waals surface area contributed by atoms with E-state index in [0.717, 1.165) is 52.1 Å². The number of allylic oxidation sites excluding steroid dienone is 5. The van der Waals surface area contributed by atoms with Crippen LogP contribution in [0.25, 0.3) is 67.5 Å². The van der Waals surface area contributed by atoms with Gasteiger partial charge < -0.3 is 4.74 Å². The van der Waals surface area contributed by atoms with Gasteiger partial charge in [0.2, 0.25) is 0 Å². The van der Waals surface area contributed by atoms with E-state index < -0.39 is 0 Å². The molecule has 3 aliphatic carbocycles. The Morgan fingerprint density at radius 2 is 1.31 bits per heavy atom. The molecule has 0 fully saturated rings. The molecule has 4 nitrogen and oxygen atoms in total. The molecule has 11 rings (SSSR count). The third kappa shape index (κ3) is 5.56. The van der Waals surface area contributed by atoms with Gasteiger partial charge in [0.25, 0.3) is 0 Å². The number of aromatic nitrogens is 3. The summed E-state index contributed by atoms with van der Waals surface area (Å²) in [7, 11) is 0. The summed E-state index contributed by atoms with van der Waals surface area (Å²) in [5.41, 5.74) is 11.8. The molecule has 4 heteroatoms. The third-order valence-electron chi connectivity index (χ3n) is 11.8. The predicted molar refractivity (Wildman–Crippen MR) is 223 cm³/mol. The van der Waals surface area contributed by atoms with Crippen LogP contribution < -0.4 is 4.74 Å². The van der Waals surface area contributed by atoms with E-state index in [9.17, 15) is 0 Å². The molecular weight excluding hydrogens is 671 g/mol. The number of nitrogens with zero attached hydrogens (tertiary/aromatic N) is 3. The van der Waals surface area contributed by atoms with Crippen molar-refractivity contribution >= 4 is 22.4 Å². The highest BCUT2D eigenvalue weighted by atomic mass is 16.5. The average molecular weight is 708 g/mol. The molecule has 2 heterocycles. The Bertz CT molecular complexity index is 2760. The lowest BCUT2D eigenvalue weighted by atomic mass is 9.72. The minimum atomic E-state index is 0.00776. The summed E-state index contributed by atoms with van der Waals surface area (Å²) in [4.78, 5) is 15.8. The fraction of sp³-hybridized carbons (Fsp3) is 0.118. The lowest BCUT2D eigenvalue weighted by molar-refractivity contribution is 0.269. The van der Waals surface area contributed by atoms with Gasteiger partial charge in [-0.3, -0.25) is 0 Å². The quantitative estimate of drug-likeness (QED) is 0.179. The van der Waals surface area contributed by atoms with Crippen LogP contribution in [0.5, 0.6) is 5.75 Å². The summed E-state index contributed by atoms with van der Waals surface area (Å²) in [6, 6.07) is 47.5. The highest BCUT2D eigenvalue weighted by molar-refractivity contribution is 6.01. The van der Waals surface area contributed by atoms with Gasteiger partial charge in [-0.05, 0) is 92.8 Å². The van der Waals surface area contributed by atoms with Gasteiger partial charge in [-0.25, -0.2) is 15.0 Å². The maximum absolute atomic E-state index is 6.46. The first-order chi connectivity index (χ1) is 27.2. The van der Waals surface area contributed by atoms with Crippen molar-refractivity contribution in [3.63, 3.8) is 0 Å². The van der Waals surface area contributed by atoms with E-state index in [1.165, 1.54) is 38.8 Å². The minimum absolute atomic E-state index is 0.00776. The molecule has 0 amide bonds. The second-order valence-corrected chi connectivity index (χ2v) is 15.0. The zero-order valence-electron chi connectivity index (χ0n) is 30.2. The van der Waals surface area contributed by atoms with Gasteiger partial charge >= 0.3 is 0 Å². The fourth-order valence-corrected chi connectivity index (χ4v) is 9.10. The van der Waals surface area contributed by atoms with Gasteiger partial charge in [0.15, 0.2) is 17.5 Å². The molecular formula is C51H37N3O. The standard InChI is InChI=1S/C51H37N3O/c1-2-11-32(12-3-1)33-21-24-35(25-22-33)49-52-50(38-27-28-42-37(29-38)26-23-34-13-4-6-15-40(34)42)54-51(53-49)39-30-36-14-5-7-16-41(36)45(31-39)43-18-10-20-47-48(43)44-17-8-9-19-46(44)55-47/h1-26,29-31,37,42,44,46H,27-28H2. The molecule has 0 N–H and O–H groups in total. The Labute approximate surface area is 320 Å². The van der Waals surface area contributed by atoms with E-state index >= 15 is 0 Å². The van der Waals surface area contributed by atoms with Crippen molar-refractivity contribution < 1.29 is 4.74 Å². The van der Waals surface area contributed by atoms with Crippen LogP contribution in [0.1, 0.15) is 47.2 Å². The first-order valence-corrected chi connectivity index (χ1v) is 19.3. The van der Waals surface area contributed by atoms with E-state index in [1.54, 1.807) is 0 Å². The number of ether oxygens (including phenoxy) is 1. The molecule has 0 spiro atoms. The number of rotatable bonds is 5. The van der Waals surface area contributed by atoms with E-state index in [1.807, 2.05) is 6.07 Å². The lowest BCUT2D eigenvalue weighted by Gasteiger charge is -2.32. The monoisotopic (exact) mass is 707 g/mol. The average Bonchev–Trinajstić information content (AvgIpc) is 3.65. The van der Waals surface area contributed by atoms with Crippen molar-refractivity contribution in [2.24, 2.45) is 5.92 Å². The van der Waals surface area contributed by atoms with Crippen LogP contribution >= 0.6 is 0 Å². The van der Waals surface area contributed by atoms with Crippen LogP contribution in [-0.4, -0.2) is 21.1 Å². The summed E-state index contributed by atoms with van der Waals surface area (Å²) in [6.07, 6.45) is 17.6. The van der Waals surface area contributed by atoms with Gasteiger partial charge in [-0.1, -0.05) is 152 Å². The van der Waals surface area contributed by atoms with Crippen molar-refractivity contribution in [3.8, 4) is 50.8 Å². The van der Waals surface area contributed by atoms with E-state index in [2.05, 4.69) is 170 Å². The van der Waals surface area contributed by atoms with E-state index in [4.69, 9.17) is 19.7 Å². The van der Waals surface area contributed by atoms with Crippen molar-refractivity contribution in [2.45, 2.75) is 30.8 Å². The summed E-state index contributed by atoms with van der Waals surface area (Å²) in [5, 5.41) is 2.33. The largest absolute Gasteiger partial charge is 0.485 e. The van der Waals surface area contributed by atoms with Crippen LogP contribution in [0.15, 0.2) is 170 Å². The molecule has 0 saturated carbocycles. The van der Waals surface area contributed by atoms with Crippen molar-refractivity contribution in [3.05, 3.63) is 192 Å². The SMILES string of the molecule is C1=CC2Oc3cccc(-c4cc(-c5nc(C6=CC7C=Cc8ccccc8C7CC6)nc(-c6ccc(-c7ccccc7)cc6)n5)cc5ccccc45)c3C2C=C1. The van der Waals surface area contributed by atoms with Crippen molar-refractivity contribution in [1.29, 1.82) is 0 Å². The molecule has 0 saturated heterocycles. The number of hydrogen-bond donors (Lipinski definition) is 0. The van der Waals surface area contributed by atoms with Crippen LogP contribution in [0.3, 0.4) is 0 Å². The Morgan fingerprint density at radius 3 is 2.22 bits per heavy atom. The molecule has 4 unspecified atom stereocenters. The zero-order chi connectivity index (χ0) is 36.3. The summed E-state index contributed by atoms with van der Waals surface area (Å²) < 4.78 is 6.46.